The first-order valence-electron chi connectivity index (χ1n) is 10.0. The highest BCUT2D eigenvalue weighted by Gasteiger charge is 2.27. The summed E-state index contributed by atoms with van der Waals surface area (Å²) in [7, 11) is 0. The van der Waals surface area contributed by atoms with Gasteiger partial charge in [-0.3, -0.25) is 4.79 Å². The number of fused-ring (bicyclic) bond motifs is 2. The van der Waals surface area contributed by atoms with E-state index in [2.05, 4.69) is 10.4 Å². The maximum absolute atomic E-state index is 12.8. The molecule has 0 saturated heterocycles. The summed E-state index contributed by atoms with van der Waals surface area (Å²) in [6.45, 7) is 0. The maximum Gasteiger partial charge on any atom is 0.221 e. The van der Waals surface area contributed by atoms with Crippen molar-refractivity contribution in [3.63, 3.8) is 0 Å². The summed E-state index contributed by atoms with van der Waals surface area (Å²) in [4.78, 5) is 12.8. The molecule has 0 fully saturated rings. The number of nitrogens with zero attached hydrogens (tertiary/aromatic N) is 2. The summed E-state index contributed by atoms with van der Waals surface area (Å²) < 4.78 is 7.83. The van der Waals surface area contributed by atoms with E-state index in [9.17, 15) is 4.79 Å². The van der Waals surface area contributed by atoms with Gasteiger partial charge in [-0.05, 0) is 36.2 Å². The van der Waals surface area contributed by atoms with E-state index in [1.54, 1.807) is 0 Å². The number of carbonyl (C=O) groups excluding carboxylic acids is 1. The molecule has 4 aromatic rings. The molecule has 1 N–H and O–H groups in total. The van der Waals surface area contributed by atoms with Crippen molar-refractivity contribution >= 4 is 5.91 Å². The maximum atomic E-state index is 12.8. The first-order valence-corrected chi connectivity index (χ1v) is 10.0. The Kier molecular flexibility index (Phi) is 4.77. The minimum Gasteiger partial charge on any atom is -0.457 e. The average molecular weight is 395 g/mol. The van der Waals surface area contributed by atoms with E-state index in [1.807, 2.05) is 95.9 Å². The molecule has 1 aliphatic rings. The summed E-state index contributed by atoms with van der Waals surface area (Å²) in [6.07, 6.45) is 4.81. The van der Waals surface area contributed by atoms with Crippen molar-refractivity contribution in [3.05, 3.63) is 108 Å². The van der Waals surface area contributed by atoms with E-state index in [1.165, 1.54) is 0 Å². The first kappa shape index (κ1) is 18.2. The molecular formula is C25H21N3O2. The highest BCUT2D eigenvalue weighted by Crippen LogP contribution is 2.42. The van der Waals surface area contributed by atoms with Crippen molar-refractivity contribution in [1.82, 2.24) is 15.1 Å². The Hall–Kier alpha value is -3.86. The fraction of sp³-hybridized carbons (Fsp3) is 0.120. The van der Waals surface area contributed by atoms with Crippen molar-refractivity contribution in [1.29, 1.82) is 0 Å². The molecule has 0 spiro atoms. The van der Waals surface area contributed by atoms with Crippen LogP contribution in [0.3, 0.4) is 0 Å². The number of carbonyl (C=O) groups is 1. The number of nitrogens with one attached hydrogen (secondary N) is 1. The van der Waals surface area contributed by atoms with Gasteiger partial charge in [0.25, 0.3) is 0 Å². The Labute approximate surface area is 174 Å². The van der Waals surface area contributed by atoms with E-state index in [0.29, 0.717) is 12.8 Å². The molecule has 5 rings (SSSR count). The zero-order valence-electron chi connectivity index (χ0n) is 16.4. The number of hydrogen-bond acceptors (Lipinski definition) is 3. The first-order chi connectivity index (χ1) is 14.8. The Morgan fingerprint density at radius 1 is 0.900 bits per heavy atom. The Morgan fingerprint density at radius 3 is 2.23 bits per heavy atom. The van der Waals surface area contributed by atoms with E-state index >= 15 is 0 Å². The second kappa shape index (κ2) is 7.87. The second-order valence-electron chi connectivity index (χ2n) is 7.31. The van der Waals surface area contributed by atoms with Gasteiger partial charge >= 0.3 is 0 Å². The molecule has 0 saturated carbocycles. The van der Waals surface area contributed by atoms with Crippen molar-refractivity contribution in [2.75, 3.05) is 0 Å². The number of aromatic nitrogens is 2. The fourth-order valence-corrected chi connectivity index (χ4v) is 3.77. The molecule has 5 heteroatoms. The van der Waals surface area contributed by atoms with Crippen LogP contribution in [0.15, 0.2) is 91.3 Å². The number of benzene rings is 3. The third-order valence-electron chi connectivity index (χ3n) is 5.28. The van der Waals surface area contributed by atoms with Crippen LogP contribution >= 0.6 is 0 Å². The summed E-state index contributed by atoms with van der Waals surface area (Å²) in [6, 6.07) is 25.4. The van der Waals surface area contributed by atoms with Crippen LogP contribution in [0.1, 0.15) is 29.2 Å². The molecule has 0 bridgehead atoms. The van der Waals surface area contributed by atoms with Crippen LogP contribution in [0.5, 0.6) is 11.5 Å². The Balaban J connectivity index is 1.29. The van der Waals surface area contributed by atoms with Crippen LogP contribution in [0.2, 0.25) is 0 Å². The van der Waals surface area contributed by atoms with Crippen LogP contribution in [0.4, 0.5) is 0 Å². The normalized spacial score (nSPS) is 12.5. The number of hydrogen-bond donors (Lipinski definition) is 1. The van der Waals surface area contributed by atoms with Crippen LogP contribution < -0.4 is 10.1 Å². The summed E-state index contributed by atoms with van der Waals surface area (Å²) in [5.41, 5.74) is 3.98. The van der Waals surface area contributed by atoms with Gasteiger partial charge in [0.15, 0.2) is 0 Å². The number of rotatable bonds is 5. The number of aryl methyl sites for hydroxylation is 1. The van der Waals surface area contributed by atoms with E-state index in [4.69, 9.17) is 4.74 Å². The van der Waals surface area contributed by atoms with Crippen LogP contribution in [-0.4, -0.2) is 15.7 Å². The highest BCUT2D eigenvalue weighted by molar-refractivity contribution is 5.78. The molecule has 1 aliphatic heterocycles. The van der Waals surface area contributed by atoms with Gasteiger partial charge in [0, 0.05) is 23.7 Å². The largest absolute Gasteiger partial charge is 0.457 e. The van der Waals surface area contributed by atoms with Crippen molar-refractivity contribution in [3.8, 4) is 17.2 Å². The van der Waals surface area contributed by atoms with E-state index in [-0.39, 0.29) is 11.9 Å². The SMILES string of the molecule is O=C(CCc1cnn(-c2ccccc2)c1)NC1c2ccccc2Oc2ccccc21. The highest BCUT2D eigenvalue weighted by atomic mass is 16.5. The average Bonchev–Trinajstić information content (AvgIpc) is 3.27. The van der Waals surface area contributed by atoms with Gasteiger partial charge in [0.1, 0.15) is 11.5 Å². The summed E-state index contributed by atoms with van der Waals surface area (Å²) in [5.74, 6) is 1.57. The second-order valence-corrected chi connectivity index (χ2v) is 7.31. The molecule has 1 aromatic heterocycles. The quantitative estimate of drug-likeness (QED) is 0.527. The third kappa shape index (κ3) is 3.57. The van der Waals surface area contributed by atoms with Gasteiger partial charge in [-0.1, -0.05) is 54.6 Å². The zero-order chi connectivity index (χ0) is 20.3. The van der Waals surface area contributed by atoms with Crippen molar-refractivity contribution in [2.24, 2.45) is 0 Å². The van der Waals surface area contributed by atoms with Gasteiger partial charge in [-0.25, -0.2) is 4.68 Å². The van der Waals surface area contributed by atoms with Crippen LogP contribution in [0, 0.1) is 0 Å². The molecule has 1 amide bonds. The zero-order valence-corrected chi connectivity index (χ0v) is 16.4. The molecule has 0 unspecified atom stereocenters. The number of ether oxygens (including phenoxy) is 1. The molecule has 30 heavy (non-hydrogen) atoms. The Bertz CT molecular complexity index is 1140. The lowest BCUT2D eigenvalue weighted by Gasteiger charge is -2.28. The van der Waals surface area contributed by atoms with Gasteiger partial charge in [0.2, 0.25) is 5.91 Å². The minimum atomic E-state index is -0.217. The van der Waals surface area contributed by atoms with Crippen LogP contribution in [0.25, 0.3) is 5.69 Å². The number of amides is 1. The summed E-state index contributed by atoms with van der Waals surface area (Å²) >= 11 is 0. The van der Waals surface area contributed by atoms with Gasteiger partial charge in [-0.15, -0.1) is 0 Å². The van der Waals surface area contributed by atoms with Gasteiger partial charge < -0.3 is 10.1 Å². The predicted molar refractivity (Wildman–Crippen MR) is 115 cm³/mol. The topological polar surface area (TPSA) is 56.2 Å². The standard InChI is InChI=1S/C25H21N3O2/c29-24(15-14-18-16-26-28(17-18)19-8-2-1-3-9-19)27-25-20-10-4-6-12-22(20)30-23-13-7-5-11-21(23)25/h1-13,16-17,25H,14-15H2,(H,27,29). The third-order valence-corrected chi connectivity index (χ3v) is 5.28. The van der Waals surface area contributed by atoms with Crippen molar-refractivity contribution in [2.45, 2.75) is 18.9 Å². The molecule has 0 atom stereocenters. The lowest BCUT2D eigenvalue weighted by Crippen LogP contribution is -2.31. The number of para-hydroxylation sites is 3. The minimum absolute atomic E-state index is 0.000956. The van der Waals surface area contributed by atoms with E-state index < -0.39 is 0 Å². The molecule has 2 heterocycles. The van der Waals surface area contributed by atoms with E-state index in [0.717, 1.165) is 33.9 Å². The lowest BCUT2D eigenvalue weighted by atomic mass is 9.94. The molecule has 0 aliphatic carbocycles. The monoisotopic (exact) mass is 395 g/mol. The molecule has 5 nitrogen and oxygen atoms in total. The predicted octanol–water partition coefficient (Wildman–Crippen LogP) is 4.82. The molecular weight excluding hydrogens is 374 g/mol. The fourth-order valence-electron chi connectivity index (χ4n) is 3.77. The lowest BCUT2D eigenvalue weighted by molar-refractivity contribution is -0.121. The van der Waals surface area contributed by atoms with Crippen LogP contribution in [-0.2, 0) is 11.2 Å². The smallest absolute Gasteiger partial charge is 0.221 e. The van der Waals surface area contributed by atoms with Gasteiger partial charge in [-0.2, -0.15) is 5.10 Å². The van der Waals surface area contributed by atoms with Crippen molar-refractivity contribution < 1.29 is 9.53 Å². The molecule has 0 radical (unpaired) electrons. The Morgan fingerprint density at radius 2 is 1.53 bits per heavy atom. The summed E-state index contributed by atoms with van der Waals surface area (Å²) in [5, 5.41) is 7.60. The van der Waals surface area contributed by atoms with Gasteiger partial charge in [0.05, 0.1) is 17.9 Å². The molecule has 3 aromatic carbocycles. The molecule has 148 valence electrons.